The van der Waals surface area contributed by atoms with Gasteiger partial charge in [0.25, 0.3) is 5.69 Å². The maximum Gasteiger partial charge on any atom is 0.274 e. The molecule has 82 valence electrons. The van der Waals surface area contributed by atoms with E-state index < -0.39 is 0 Å². The Morgan fingerprint density at radius 1 is 1.40 bits per heavy atom. The summed E-state index contributed by atoms with van der Waals surface area (Å²) < 4.78 is 0. The van der Waals surface area contributed by atoms with Crippen molar-refractivity contribution in [2.75, 3.05) is 0 Å². The van der Waals surface area contributed by atoms with Crippen LogP contribution in [0.1, 0.15) is 31.9 Å². The molecule has 0 saturated heterocycles. The average Bonchev–Trinajstić information content (AvgIpc) is 2.16. The summed E-state index contributed by atoms with van der Waals surface area (Å²) in [5.41, 5.74) is 6.67. The van der Waals surface area contributed by atoms with E-state index in [-0.39, 0.29) is 16.7 Å². The van der Waals surface area contributed by atoms with Gasteiger partial charge in [-0.05, 0) is 12.3 Å². The molecule has 1 aromatic rings. The van der Waals surface area contributed by atoms with Gasteiger partial charge < -0.3 is 5.73 Å². The maximum atomic E-state index is 10.8. The number of hydrogen-bond donors (Lipinski definition) is 1. The highest BCUT2D eigenvalue weighted by Gasteiger charge is 2.18. The van der Waals surface area contributed by atoms with E-state index in [0.29, 0.717) is 11.5 Å². The first-order valence-electron chi connectivity index (χ1n) is 5.01. The molecule has 0 unspecified atom stereocenters. The van der Waals surface area contributed by atoms with Gasteiger partial charge in [-0.2, -0.15) is 0 Å². The Kier molecular flexibility index (Phi) is 3.80. The van der Waals surface area contributed by atoms with Crippen LogP contribution in [0.15, 0.2) is 24.3 Å². The van der Waals surface area contributed by atoms with Crippen molar-refractivity contribution in [3.63, 3.8) is 0 Å². The first-order valence-corrected chi connectivity index (χ1v) is 5.01. The van der Waals surface area contributed by atoms with Gasteiger partial charge in [-0.15, -0.1) is 0 Å². The molecule has 0 heterocycles. The number of nitro benzene ring substituents is 1. The Morgan fingerprint density at radius 2 is 2.00 bits per heavy atom. The van der Waals surface area contributed by atoms with E-state index in [0.717, 1.165) is 6.42 Å². The van der Waals surface area contributed by atoms with Crippen LogP contribution in [-0.4, -0.2) is 4.92 Å². The lowest BCUT2D eigenvalue weighted by atomic mass is 9.97. The molecule has 1 aromatic carbocycles. The van der Waals surface area contributed by atoms with E-state index >= 15 is 0 Å². The number of hydrogen-bond acceptors (Lipinski definition) is 3. The lowest BCUT2D eigenvalue weighted by molar-refractivity contribution is -0.385. The Balaban J connectivity index is 2.97. The molecule has 0 aliphatic carbocycles. The van der Waals surface area contributed by atoms with Crippen molar-refractivity contribution in [3.8, 4) is 0 Å². The van der Waals surface area contributed by atoms with Crippen molar-refractivity contribution in [3.05, 3.63) is 39.9 Å². The Hall–Kier alpha value is -1.42. The quantitative estimate of drug-likeness (QED) is 0.610. The molecule has 4 heteroatoms. The normalized spacial score (nSPS) is 12.8. The second kappa shape index (κ2) is 4.89. The van der Waals surface area contributed by atoms with E-state index in [1.807, 2.05) is 0 Å². The first-order chi connectivity index (χ1) is 7.02. The lowest BCUT2D eigenvalue weighted by Crippen LogP contribution is -2.14. The van der Waals surface area contributed by atoms with Crippen LogP contribution < -0.4 is 5.73 Å². The van der Waals surface area contributed by atoms with Gasteiger partial charge in [-0.25, -0.2) is 0 Å². The fourth-order valence-electron chi connectivity index (χ4n) is 1.60. The van der Waals surface area contributed by atoms with Crippen LogP contribution in [0.25, 0.3) is 0 Å². The largest absolute Gasteiger partial charge is 0.324 e. The molecule has 4 nitrogen and oxygen atoms in total. The third-order valence-corrected chi connectivity index (χ3v) is 2.26. The third kappa shape index (κ3) is 3.02. The van der Waals surface area contributed by atoms with Gasteiger partial charge in [0.2, 0.25) is 0 Å². The van der Waals surface area contributed by atoms with Crippen molar-refractivity contribution in [2.24, 2.45) is 11.7 Å². The zero-order valence-electron chi connectivity index (χ0n) is 9.01. The molecule has 2 N–H and O–H groups in total. The van der Waals surface area contributed by atoms with E-state index in [4.69, 9.17) is 5.73 Å². The van der Waals surface area contributed by atoms with Crippen molar-refractivity contribution in [1.82, 2.24) is 0 Å². The first kappa shape index (κ1) is 11.7. The summed E-state index contributed by atoms with van der Waals surface area (Å²) in [7, 11) is 0. The molecule has 0 aliphatic heterocycles. The predicted molar refractivity (Wildman–Crippen MR) is 59.5 cm³/mol. The molecule has 15 heavy (non-hydrogen) atoms. The molecule has 0 aromatic heterocycles. The van der Waals surface area contributed by atoms with Gasteiger partial charge in [-0.1, -0.05) is 32.0 Å². The molecular weight excluding hydrogens is 192 g/mol. The standard InChI is InChI=1S/C11H16N2O2/c1-8(2)7-10(12)9-5-3-4-6-11(9)13(14)15/h3-6,8,10H,7,12H2,1-2H3/t10-/m1/s1. The summed E-state index contributed by atoms with van der Waals surface area (Å²) in [5.74, 6) is 0.430. The number of rotatable bonds is 4. The predicted octanol–water partition coefficient (Wildman–Crippen LogP) is 2.64. The molecule has 0 amide bonds. The van der Waals surface area contributed by atoms with Crippen LogP contribution in [0.5, 0.6) is 0 Å². The Bertz CT molecular complexity index is 350. The van der Waals surface area contributed by atoms with Crippen LogP contribution >= 0.6 is 0 Å². The van der Waals surface area contributed by atoms with Gasteiger partial charge in [-0.3, -0.25) is 10.1 Å². The molecule has 1 rings (SSSR count). The van der Waals surface area contributed by atoms with Crippen LogP contribution in [0.4, 0.5) is 5.69 Å². The number of benzene rings is 1. The molecule has 0 fully saturated rings. The zero-order valence-corrected chi connectivity index (χ0v) is 9.01. The minimum Gasteiger partial charge on any atom is -0.324 e. The monoisotopic (exact) mass is 208 g/mol. The van der Waals surface area contributed by atoms with Crippen molar-refractivity contribution >= 4 is 5.69 Å². The number of nitrogens with zero attached hydrogens (tertiary/aromatic N) is 1. The summed E-state index contributed by atoms with van der Waals surface area (Å²) in [6, 6.07) is 6.40. The van der Waals surface area contributed by atoms with Gasteiger partial charge in [0, 0.05) is 17.7 Å². The van der Waals surface area contributed by atoms with Gasteiger partial charge in [0.05, 0.1) is 4.92 Å². The van der Waals surface area contributed by atoms with Gasteiger partial charge in [0.1, 0.15) is 0 Å². The highest BCUT2D eigenvalue weighted by molar-refractivity contribution is 5.41. The summed E-state index contributed by atoms with van der Waals surface area (Å²) in [6.07, 6.45) is 0.755. The Morgan fingerprint density at radius 3 is 2.53 bits per heavy atom. The second-order valence-electron chi connectivity index (χ2n) is 4.05. The second-order valence-corrected chi connectivity index (χ2v) is 4.05. The molecular formula is C11H16N2O2. The number of nitro groups is 1. The number of para-hydroxylation sites is 1. The van der Waals surface area contributed by atoms with Gasteiger partial charge in [0.15, 0.2) is 0 Å². The Labute approximate surface area is 89.2 Å². The van der Waals surface area contributed by atoms with Crippen LogP contribution in [0, 0.1) is 16.0 Å². The van der Waals surface area contributed by atoms with Crippen molar-refractivity contribution < 1.29 is 4.92 Å². The zero-order chi connectivity index (χ0) is 11.4. The van der Waals surface area contributed by atoms with Crippen LogP contribution in [-0.2, 0) is 0 Å². The third-order valence-electron chi connectivity index (χ3n) is 2.26. The minimum atomic E-state index is -0.379. The van der Waals surface area contributed by atoms with Crippen molar-refractivity contribution in [2.45, 2.75) is 26.3 Å². The highest BCUT2D eigenvalue weighted by atomic mass is 16.6. The summed E-state index contributed by atoms with van der Waals surface area (Å²) in [4.78, 5) is 10.4. The molecule has 0 bridgehead atoms. The summed E-state index contributed by atoms with van der Waals surface area (Å²) in [6.45, 7) is 4.10. The van der Waals surface area contributed by atoms with E-state index in [1.54, 1.807) is 18.2 Å². The topological polar surface area (TPSA) is 69.2 Å². The smallest absolute Gasteiger partial charge is 0.274 e. The summed E-state index contributed by atoms with van der Waals surface area (Å²) >= 11 is 0. The van der Waals surface area contributed by atoms with Crippen molar-refractivity contribution in [1.29, 1.82) is 0 Å². The van der Waals surface area contributed by atoms with E-state index in [2.05, 4.69) is 13.8 Å². The number of nitrogens with two attached hydrogens (primary N) is 1. The lowest BCUT2D eigenvalue weighted by Gasteiger charge is -2.14. The average molecular weight is 208 g/mol. The summed E-state index contributed by atoms with van der Waals surface area (Å²) in [5, 5.41) is 10.8. The van der Waals surface area contributed by atoms with Gasteiger partial charge >= 0.3 is 0 Å². The maximum absolute atomic E-state index is 10.8. The molecule has 0 saturated carbocycles. The SMILES string of the molecule is CC(C)C[C@@H](N)c1ccccc1[N+](=O)[O-]. The van der Waals surface area contributed by atoms with E-state index in [9.17, 15) is 10.1 Å². The molecule has 0 spiro atoms. The van der Waals surface area contributed by atoms with Crippen LogP contribution in [0.3, 0.4) is 0 Å². The minimum absolute atomic E-state index is 0.116. The fourth-order valence-corrected chi connectivity index (χ4v) is 1.60. The van der Waals surface area contributed by atoms with E-state index in [1.165, 1.54) is 6.07 Å². The molecule has 0 radical (unpaired) electrons. The van der Waals surface area contributed by atoms with Crippen LogP contribution in [0.2, 0.25) is 0 Å². The highest BCUT2D eigenvalue weighted by Crippen LogP contribution is 2.27. The fraction of sp³-hybridized carbons (Fsp3) is 0.455. The molecule has 0 aliphatic rings. The molecule has 1 atom stereocenters.